The lowest BCUT2D eigenvalue weighted by atomic mass is 9.97. The Morgan fingerprint density at radius 1 is 0.183 bits per heavy atom. The van der Waals surface area contributed by atoms with E-state index in [9.17, 15) is 0 Å². The van der Waals surface area contributed by atoms with Crippen LogP contribution in [-0.4, -0.2) is 34.9 Å². The molecule has 7 aromatic heterocycles. The number of nitrogens with zero attached hydrogens (tertiary/aromatic N) is 7. The van der Waals surface area contributed by atoms with Crippen LogP contribution in [0.4, 0.5) is 0 Å². The van der Waals surface area contributed by atoms with Crippen LogP contribution in [0.5, 0.6) is 0 Å². The molecule has 0 atom stereocenters. The third-order valence-corrected chi connectivity index (χ3v) is 10.3. The van der Waals surface area contributed by atoms with Crippen LogP contribution in [0.3, 0.4) is 0 Å². The summed E-state index contributed by atoms with van der Waals surface area (Å²) >= 11 is 0. The highest BCUT2D eigenvalue weighted by Gasteiger charge is 2.13. The van der Waals surface area contributed by atoms with Crippen LogP contribution < -0.4 is 0 Å². The fourth-order valence-electron chi connectivity index (χ4n) is 7.21. The van der Waals surface area contributed by atoms with Crippen molar-refractivity contribution in [2.24, 2.45) is 0 Å². The molecule has 0 radical (unpaired) electrons. The molecule has 0 bridgehead atoms. The standard InChI is InChI=1S/C53H35N7/c1-4-31-54-46(10-1)49-16-7-13-43(57-49)37-21-19-36(20-22-37)42-34-52(40-27-23-38(24-28-40)44-14-8-17-50(58-44)47-11-2-5-32-55-47)60-53(35-42)41-29-25-39(26-30-41)45-15-9-18-51(59-45)48-12-3-6-33-56-48/h1-35H. The Morgan fingerprint density at radius 2 is 0.450 bits per heavy atom. The third kappa shape index (κ3) is 7.71. The van der Waals surface area contributed by atoms with Gasteiger partial charge >= 0.3 is 0 Å². The van der Waals surface area contributed by atoms with Crippen molar-refractivity contribution in [3.8, 4) is 102 Å². The molecule has 0 amide bonds. The molecule has 0 spiro atoms. The topological polar surface area (TPSA) is 90.2 Å². The van der Waals surface area contributed by atoms with Crippen LogP contribution in [0.15, 0.2) is 213 Å². The fraction of sp³-hybridized carbons (Fsp3) is 0. The molecule has 10 rings (SSSR count). The molecule has 282 valence electrons. The second-order valence-electron chi connectivity index (χ2n) is 14.2. The number of aromatic nitrogens is 7. The molecule has 0 saturated heterocycles. The summed E-state index contributed by atoms with van der Waals surface area (Å²) in [6, 6.07) is 65.5. The normalized spacial score (nSPS) is 11.0. The summed E-state index contributed by atoms with van der Waals surface area (Å²) in [4.78, 5) is 33.5. The van der Waals surface area contributed by atoms with E-state index < -0.39 is 0 Å². The lowest BCUT2D eigenvalue weighted by Crippen LogP contribution is -1.93. The van der Waals surface area contributed by atoms with Gasteiger partial charge in [-0.3, -0.25) is 15.0 Å². The van der Waals surface area contributed by atoms with Gasteiger partial charge in [-0.15, -0.1) is 0 Å². The minimum absolute atomic E-state index is 0.835. The maximum Gasteiger partial charge on any atom is 0.0893 e. The molecule has 60 heavy (non-hydrogen) atoms. The molecule has 0 saturated carbocycles. The van der Waals surface area contributed by atoms with Gasteiger partial charge in [0.25, 0.3) is 0 Å². The second-order valence-corrected chi connectivity index (χ2v) is 14.2. The zero-order chi connectivity index (χ0) is 40.1. The van der Waals surface area contributed by atoms with E-state index in [1.54, 1.807) is 18.6 Å². The Morgan fingerprint density at radius 3 is 0.767 bits per heavy atom. The number of rotatable bonds is 9. The van der Waals surface area contributed by atoms with E-state index in [0.717, 1.165) is 102 Å². The lowest BCUT2D eigenvalue weighted by molar-refractivity contribution is 1.25. The van der Waals surface area contributed by atoms with Crippen molar-refractivity contribution in [2.75, 3.05) is 0 Å². The number of hydrogen-bond acceptors (Lipinski definition) is 7. The average molecular weight is 770 g/mol. The van der Waals surface area contributed by atoms with Gasteiger partial charge in [0.15, 0.2) is 0 Å². The molecule has 7 heteroatoms. The smallest absolute Gasteiger partial charge is 0.0893 e. The van der Waals surface area contributed by atoms with E-state index in [-0.39, 0.29) is 0 Å². The van der Waals surface area contributed by atoms with Crippen LogP contribution in [0, 0.1) is 0 Å². The predicted octanol–water partition coefficient (Wildman–Crippen LogP) is 12.5. The van der Waals surface area contributed by atoms with Crippen LogP contribution in [0.2, 0.25) is 0 Å². The summed E-state index contributed by atoms with van der Waals surface area (Å²) in [5.41, 5.74) is 16.6. The maximum atomic E-state index is 5.25. The Hall–Kier alpha value is -8.29. The molecule has 0 unspecified atom stereocenters. The molecule has 7 nitrogen and oxygen atoms in total. The van der Waals surface area contributed by atoms with Gasteiger partial charge in [-0.1, -0.05) is 109 Å². The van der Waals surface area contributed by atoms with Crippen LogP contribution in [0.25, 0.3) is 102 Å². The molecule has 0 fully saturated rings. The van der Waals surface area contributed by atoms with Gasteiger partial charge in [0.2, 0.25) is 0 Å². The highest BCUT2D eigenvalue weighted by atomic mass is 14.8. The monoisotopic (exact) mass is 769 g/mol. The SMILES string of the molecule is c1ccc(-c2cccc(-c3ccc(-c4cc(-c5ccc(-c6cccc(-c7ccccn7)n6)cc5)nc(-c5ccc(-c6cccc(-c7ccccn7)n6)cc5)c4)cc3)n2)nc1. The van der Waals surface area contributed by atoms with Crippen molar-refractivity contribution in [2.45, 2.75) is 0 Å². The Balaban J connectivity index is 0.997. The minimum atomic E-state index is 0.835. The molecule has 0 aliphatic rings. The Bertz CT molecular complexity index is 2700. The van der Waals surface area contributed by atoms with E-state index in [4.69, 9.17) is 19.9 Å². The third-order valence-electron chi connectivity index (χ3n) is 10.3. The van der Waals surface area contributed by atoms with Gasteiger partial charge in [0.05, 0.1) is 62.6 Å². The largest absolute Gasteiger partial charge is 0.255 e. The molecular weight excluding hydrogens is 735 g/mol. The van der Waals surface area contributed by atoms with Crippen molar-refractivity contribution >= 4 is 0 Å². The summed E-state index contributed by atoms with van der Waals surface area (Å²) in [7, 11) is 0. The molecule has 10 aromatic rings. The summed E-state index contributed by atoms with van der Waals surface area (Å²) in [5.74, 6) is 0. The highest BCUT2D eigenvalue weighted by molar-refractivity contribution is 5.80. The molecular formula is C53H35N7. The van der Waals surface area contributed by atoms with Crippen LogP contribution >= 0.6 is 0 Å². The molecule has 0 N–H and O–H groups in total. The van der Waals surface area contributed by atoms with Gasteiger partial charge in [-0.05, 0) is 96.1 Å². The van der Waals surface area contributed by atoms with E-state index >= 15 is 0 Å². The van der Waals surface area contributed by atoms with Crippen molar-refractivity contribution in [3.63, 3.8) is 0 Å². The first-order chi connectivity index (χ1) is 29.7. The zero-order valence-corrected chi connectivity index (χ0v) is 32.3. The molecule has 3 aromatic carbocycles. The summed E-state index contributed by atoms with van der Waals surface area (Å²) in [6.45, 7) is 0. The fourth-order valence-corrected chi connectivity index (χ4v) is 7.21. The van der Waals surface area contributed by atoms with Crippen molar-refractivity contribution < 1.29 is 0 Å². The first-order valence-corrected chi connectivity index (χ1v) is 19.7. The minimum Gasteiger partial charge on any atom is -0.255 e. The highest BCUT2D eigenvalue weighted by Crippen LogP contribution is 2.34. The lowest BCUT2D eigenvalue weighted by Gasteiger charge is -2.12. The maximum absolute atomic E-state index is 5.25. The van der Waals surface area contributed by atoms with Gasteiger partial charge in [-0.25, -0.2) is 19.9 Å². The summed E-state index contributed by atoms with van der Waals surface area (Å²) < 4.78 is 0. The second kappa shape index (κ2) is 16.3. The van der Waals surface area contributed by atoms with E-state index in [0.29, 0.717) is 0 Å². The van der Waals surface area contributed by atoms with Gasteiger partial charge < -0.3 is 0 Å². The number of benzene rings is 3. The van der Waals surface area contributed by atoms with E-state index in [1.165, 1.54) is 0 Å². The van der Waals surface area contributed by atoms with Gasteiger partial charge in [-0.2, -0.15) is 0 Å². The van der Waals surface area contributed by atoms with Gasteiger partial charge in [0.1, 0.15) is 0 Å². The first-order valence-electron chi connectivity index (χ1n) is 19.7. The van der Waals surface area contributed by atoms with E-state index in [1.807, 2.05) is 109 Å². The van der Waals surface area contributed by atoms with Crippen molar-refractivity contribution in [1.82, 2.24) is 34.9 Å². The zero-order valence-electron chi connectivity index (χ0n) is 32.3. The molecule has 0 aliphatic carbocycles. The first kappa shape index (κ1) is 36.1. The van der Waals surface area contributed by atoms with Crippen molar-refractivity contribution in [1.29, 1.82) is 0 Å². The predicted molar refractivity (Wildman–Crippen MR) is 240 cm³/mol. The quantitative estimate of drug-likeness (QED) is 0.144. The van der Waals surface area contributed by atoms with Crippen molar-refractivity contribution in [3.05, 3.63) is 213 Å². The van der Waals surface area contributed by atoms with Crippen LogP contribution in [-0.2, 0) is 0 Å². The van der Waals surface area contributed by atoms with E-state index in [2.05, 4.69) is 99.9 Å². The molecule has 7 heterocycles. The Kier molecular flexibility index (Phi) is 9.79. The summed E-state index contributed by atoms with van der Waals surface area (Å²) in [5, 5.41) is 0. The Labute approximate surface area is 347 Å². The molecule has 0 aliphatic heterocycles. The average Bonchev–Trinajstić information content (AvgIpc) is 3.35. The van der Waals surface area contributed by atoms with Crippen LogP contribution in [0.1, 0.15) is 0 Å². The number of hydrogen-bond donors (Lipinski definition) is 0. The van der Waals surface area contributed by atoms with Gasteiger partial charge in [0, 0.05) is 46.4 Å². The summed E-state index contributed by atoms with van der Waals surface area (Å²) in [6.07, 6.45) is 5.37. The number of pyridine rings is 7.